The lowest BCUT2D eigenvalue weighted by molar-refractivity contribution is -0.122. The summed E-state index contributed by atoms with van der Waals surface area (Å²) in [5.74, 6) is -1.71. The molecule has 132 valence electrons. The highest BCUT2D eigenvalue weighted by Crippen LogP contribution is 2.34. The van der Waals surface area contributed by atoms with Crippen LogP contribution in [0.3, 0.4) is 0 Å². The van der Waals surface area contributed by atoms with Crippen molar-refractivity contribution < 1.29 is 13.6 Å². The Labute approximate surface area is 167 Å². The number of hydrogen-bond donors (Lipinski definition) is 0. The third-order valence-corrected chi connectivity index (χ3v) is 5.29. The van der Waals surface area contributed by atoms with E-state index < -0.39 is 17.5 Å². The zero-order valence-corrected chi connectivity index (χ0v) is 15.9. The van der Waals surface area contributed by atoms with E-state index in [9.17, 15) is 13.6 Å². The van der Waals surface area contributed by atoms with Gasteiger partial charge in [0, 0.05) is 11.1 Å². The number of amides is 1. The van der Waals surface area contributed by atoms with E-state index in [0.717, 1.165) is 23.0 Å². The molecule has 26 heavy (non-hydrogen) atoms. The van der Waals surface area contributed by atoms with Gasteiger partial charge in [-0.05, 0) is 42.6 Å². The van der Waals surface area contributed by atoms with Gasteiger partial charge in [0.15, 0.2) is 4.32 Å². The van der Waals surface area contributed by atoms with Gasteiger partial charge in [-0.1, -0.05) is 47.1 Å². The van der Waals surface area contributed by atoms with Crippen molar-refractivity contribution in [3.05, 3.63) is 74.1 Å². The van der Waals surface area contributed by atoms with Crippen LogP contribution >= 0.6 is 47.2 Å². The van der Waals surface area contributed by atoms with Crippen molar-refractivity contribution in [3.63, 3.8) is 0 Å². The highest BCUT2D eigenvalue weighted by atomic mass is 35.5. The predicted molar refractivity (Wildman–Crippen MR) is 105 cm³/mol. The molecule has 1 fully saturated rings. The topological polar surface area (TPSA) is 32.7 Å². The van der Waals surface area contributed by atoms with Crippen LogP contribution in [-0.4, -0.2) is 21.5 Å². The van der Waals surface area contributed by atoms with E-state index in [1.54, 1.807) is 0 Å². The van der Waals surface area contributed by atoms with Gasteiger partial charge < -0.3 is 0 Å². The van der Waals surface area contributed by atoms with Gasteiger partial charge in [-0.3, -0.25) is 4.79 Å². The number of carbonyl (C=O) groups excluding carboxylic acids is 1. The third-order valence-electron chi connectivity index (χ3n) is 3.35. The van der Waals surface area contributed by atoms with E-state index in [4.69, 9.17) is 35.4 Å². The highest BCUT2D eigenvalue weighted by molar-refractivity contribution is 8.26. The third kappa shape index (κ3) is 3.81. The Morgan fingerprint density at radius 2 is 1.62 bits per heavy atom. The quantitative estimate of drug-likeness (QED) is 0.367. The molecular weight excluding hydrogens is 421 g/mol. The van der Waals surface area contributed by atoms with Gasteiger partial charge in [0.25, 0.3) is 5.91 Å². The smallest absolute Gasteiger partial charge is 0.266 e. The molecule has 0 unspecified atom stereocenters. The van der Waals surface area contributed by atoms with Crippen LogP contribution in [0.5, 0.6) is 0 Å². The first-order valence-electron chi connectivity index (χ1n) is 7.08. The summed E-state index contributed by atoms with van der Waals surface area (Å²) in [5.41, 5.74) is 0.111. The molecule has 0 radical (unpaired) electrons. The summed E-state index contributed by atoms with van der Waals surface area (Å²) >= 11 is 17.9. The first-order chi connectivity index (χ1) is 12.4. The Morgan fingerprint density at radius 1 is 1.04 bits per heavy atom. The molecular formula is C17H8Cl2F2N2OS2. The zero-order chi connectivity index (χ0) is 18.8. The van der Waals surface area contributed by atoms with Gasteiger partial charge >= 0.3 is 0 Å². The molecule has 0 spiro atoms. The van der Waals surface area contributed by atoms with Crippen molar-refractivity contribution in [1.82, 2.24) is 5.01 Å². The van der Waals surface area contributed by atoms with Gasteiger partial charge in [0.1, 0.15) is 11.6 Å². The molecule has 2 aromatic carbocycles. The number of halogens is 4. The van der Waals surface area contributed by atoms with Crippen LogP contribution in [0.25, 0.3) is 6.08 Å². The average Bonchev–Trinajstić information content (AvgIpc) is 2.85. The van der Waals surface area contributed by atoms with Crippen molar-refractivity contribution in [2.45, 2.75) is 0 Å². The molecule has 1 heterocycles. The van der Waals surface area contributed by atoms with Crippen LogP contribution in [-0.2, 0) is 4.79 Å². The van der Waals surface area contributed by atoms with Crippen LogP contribution in [0.2, 0.25) is 10.0 Å². The summed E-state index contributed by atoms with van der Waals surface area (Å²) < 4.78 is 27.8. The normalized spacial score (nSPS) is 16.3. The van der Waals surface area contributed by atoms with Crippen molar-refractivity contribution in [2.75, 3.05) is 0 Å². The number of thioether (sulfide) groups is 1. The summed E-state index contributed by atoms with van der Waals surface area (Å²) in [6, 6.07) is 8.37. The van der Waals surface area contributed by atoms with Gasteiger partial charge in [-0.15, -0.1) is 0 Å². The first kappa shape index (κ1) is 19.0. The Kier molecular flexibility index (Phi) is 5.72. The van der Waals surface area contributed by atoms with Gasteiger partial charge in [0.2, 0.25) is 0 Å². The highest BCUT2D eigenvalue weighted by Gasteiger charge is 2.32. The molecule has 0 saturated carbocycles. The fourth-order valence-corrected chi connectivity index (χ4v) is 3.67. The standard InChI is InChI=1S/C17H8Cl2F2N2OS2/c18-11-3-1-5-13(20)9(11)7-15-16(24)23(17(25)26-15)22-8-10-12(19)4-2-6-14(10)21/h1-8H/b15-7-,22-8+. The molecule has 3 rings (SSSR count). The maximum absolute atomic E-state index is 13.9. The van der Waals surface area contributed by atoms with Crippen LogP contribution in [0, 0.1) is 11.6 Å². The molecule has 2 aromatic rings. The Bertz CT molecular complexity index is 939. The largest absolute Gasteiger partial charge is 0.286 e. The second-order valence-electron chi connectivity index (χ2n) is 5.01. The maximum atomic E-state index is 13.9. The molecule has 1 amide bonds. The first-order valence-corrected chi connectivity index (χ1v) is 9.06. The summed E-state index contributed by atoms with van der Waals surface area (Å²) in [7, 11) is 0. The summed E-state index contributed by atoms with van der Waals surface area (Å²) in [4.78, 5) is 12.6. The maximum Gasteiger partial charge on any atom is 0.286 e. The van der Waals surface area contributed by atoms with Crippen LogP contribution in [0.1, 0.15) is 11.1 Å². The number of carbonyl (C=O) groups is 1. The minimum Gasteiger partial charge on any atom is -0.266 e. The molecule has 3 nitrogen and oxygen atoms in total. The second-order valence-corrected chi connectivity index (χ2v) is 7.50. The van der Waals surface area contributed by atoms with E-state index >= 15 is 0 Å². The van der Waals surface area contributed by atoms with Crippen LogP contribution < -0.4 is 0 Å². The summed E-state index contributed by atoms with van der Waals surface area (Å²) in [5, 5.41) is 5.15. The van der Waals surface area contributed by atoms with E-state index in [1.165, 1.54) is 42.5 Å². The molecule has 0 aromatic heterocycles. The minimum absolute atomic E-state index is 0.0318. The molecule has 1 saturated heterocycles. The second kappa shape index (κ2) is 7.84. The van der Waals surface area contributed by atoms with E-state index in [1.807, 2.05) is 0 Å². The number of nitrogens with zero attached hydrogens (tertiary/aromatic N) is 2. The minimum atomic E-state index is -0.583. The monoisotopic (exact) mass is 428 g/mol. The SMILES string of the molecule is O=C1/C(=C/c2c(F)cccc2Cl)SC(=S)N1/N=C/c1c(F)cccc1Cl. The number of rotatable bonds is 3. The zero-order valence-electron chi connectivity index (χ0n) is 12.7. The predicted octanol–water partition coefficient (Wildman–Crippen LogP) is 5.51. The fraction of sp³-hybridized carbons (Fsp3) is 0. The average molecular weight is 429 g/mol. The van der Waals surface area contributed by atoms with Crippen molar-refractivity contribution >= 4 is 69.7 Å². The van der Waals surface area contributed by atoms with Gasteiger partial charge in [-0.25, -0.2) is 8.78 Å². The van der Waals surface area contributed by atoms with Crippen LogP contribution in [0.4, 0.5) is 8.78 Å². The Morgan fingerprint density at radius 3 is 2.19 bits per heavy atom. The Hall–Kier alpha value is -1.80. The number of hydrazone groups is 1. The van der Waals surface area contributed by atoms with Crippen molar-refractivity contribution in [3.8, 4) is 0 Å². The van der Waals surface area contributed by atoms with Gasteiger partial charge in [0.05, 0.1) is 21.2 Å². The van der Waals surface area contributed by atoms with Gasteiger partial charge in [-0.2, -0.15) is 10.1 Å². The summed E-state index contributed by atoms with van der Waals surface area (Å²) in [6.45, 7) is 0. The lowest BCUT2D eigenvalue weighted by atomic mass is 10.2. The Balaban J connectivity index is 1.90. The number of thiocarbonyl (C=S) groups is 1. The summed E-state index contributed by atoms with van der Waals surface area (Å²) in [6.07, 6.45) is 2.42. The van der Waals surface area contributed by atoms with Crippen molar-refractivity contribution in [1.29, 1.82) is 0 Å². The number of benzene rings is 2. The van der Waals surface area contributed by atoms with E-state index in [-0.39, 0.29) is 30.4 Å². The lowest BCUT2D eigenvalue weighted by Crippen LogP contribution is -2.22. The fourth-order valence-electron chi connectivity index (χ4n) is 2.09. The van der Waals surface area contributed by atoms with Crippen molar-refractivity contribution in [2.24, 2.45) is 5.10 Å². The van der Waals surface area contributed by atoms with E-state index in [2.05, 4.69) is 5.10 Å². The van der Waals surface area contributed by atoms with E-state index in [0.29, 0.717) is 0 Å². The molecule has 1 aliphatic heterocycles. The lowest BCUT2D eigenvalue weighted by Gasteiger charge is -2.07. The molecule has 0 atom stereocenters. The molecule has 0 aliphatic carbocycles. The molecule has 1 aliphatic rings. The molecule has 0 bridgehead atoms. The van der Waals surface area contributed by atoms with Crippen LogP contribution in [0.15, 0.2) is 46.4 Å². The molecule has 9 heteroatoms. The number of hydrogen-bond acceptors (Lipinski definition) is 4. The molecule has 0 N–H and O–H groups in total.